The first kappa shape index (κ1) is 16.0. The van der Waals surface area contributed by atoms with E-state index < -0.39 is 10.0 Å². The van der Waals surface area contributed by atoms with E-state index in [1.807, 2.05) is 19.9 Å². The molecular weight excluding hydrogens is 284 g/mol. The van der Waals surface area contributed by atoms with Gasteiger partial charge in [0, 0.05) is 13.1 Å². The summed E-state index contributed by atoms with van der Waals surface area (Å²) in [5.41, 5.74) is 0.271. The van der Waals surface area contributed by atoms with Gasteiger partial charge in [0.05, 0.1) is 15.5 Å². The van der Waals surface area contributed by atoms with Gasteiger partial charge in [0.15, 0.2) is 0 Å². The zero-order valence-corrected chi connectivity index (χ0v) is 12.8. The topological polar surface area (TPSA) is 61.2 Å². The zero-order valence-electron chi connectivity index (χ0n) is 11.2. The van der Waals surface area contributed by atoms with Gasteiger partial charge in [-0.2, -0.15) is 9.57 Å². The van der Waals surface area contributed by atoms with Crippen LogP contribution >= 0.6 is 11.6 Å². The Kier molecular flexibility index (Phi) is 5.36. The Morgan fingerprint density at radius 1 is 1.42 bits per heavy atom. The standard InChI is InChI=1S/C13H17ClN2O2S/c1-4-16(9-10(2)3)19(17,18)12-6-5-11(8-15)13(14)7-12/h5-7,10H,4,9H2,1-3H3. The maximum atomic E-state index is 12.4. The highest BCUT2D eigenvalue weighted by atomic mass is 35.5. The molecule has 0 aliphatic carbocycles. The molecule has 0 radical (unpaired) electrons. The van der Waals surface area contributed by atoms with E-state index in [0.717, 1.165) is 0 Å². The molecule has 0 aliphatic heterocycles. The first-order chi connectivity index (χ1) is 8.82. The molecule has 0 N–H and O–H groups in total. The molecule has 1 aromatic carbocycles. The SMILES string of the molecule is CCN(CC(C)C)S(=O)(=O)c1ccc(C#N)c(Cl)c1. The van der Waals surface area contributed by atoms with Gasteiger partial charge in [0.1, 0.15) is 6.07 Å². The van der Waals surface area contributed by atoms with Crippen LogP contribution in [0, 0.1) is 17.2 Å². The van der Waals surface area contributed by atoms with Crippen LogP contribution in [-0.4, -0.2) is 25.8 Å². The molecule has 0 saturated carbocycles. The Labute approximate surface area is 119 Å². The molecule has 0 amide bonds. The third kappa shape index (κ3) is 3.69. The van der Waals surface area contributed by atoms with Crippen LogP contribution < -0.4 is 0 Å². The Hall–Kier alpha value is -1.09. The minimum atomic E-state index is -3.55. The lowest BCUT2D eigenvalue weighted by Gasteiger charge is -2.22. The molecule has 0 heterocycles. The minimum Gasteiger partial charge on any atom is -0.207 e. The van der Waals surface area contributed by atoms with Gasteiger partial charge in [-0.1, -0.05) is 32.4 Å². The summed E-state index contributed by atoms with van der Waals surface area (Å²) in [5, 5.41) is 8.95. The lowest BCUT2D eigenvalue weighted by molar-refractivity contribution is 0.381. The summed E-state index contributed by atoms with van der Waals surface area (Å²) in [4.78, 5) is 0.124. The van der Waals surface area contributed by atoms with Crippen LogP contribution in [-0.2, 0) is 10.0 Å². The van der Waals surface area contributed by atoms with Gasteiger partial charge in [0.25, 0.3) is 0 Å². The van der Waals surface area contributed by atoms with Crippen LogP contribution in [0.4, 0.5) is 0 Å². The molecule has 0 bridgehead atoms. The largest absolute Gasteiger partial charge is 0.243 e. The number of benzene rings is 1. The van der Waals surface area contributed by atoms with E-state index in [1.54, 1.807) is 6.92 Å². The number of nitrogens with zero attached hydrogens (tertiary/aromatic N) is 2. The summed E-state index contributed by atoms with van der Waals surface area (Å²) < 4.78 is 26.3. The number of halogens is 1. The monoisotopic (exact) mass is 300 g/mol. The summed E-state index contributed by atoms with van der Waals surface area (Å²) in [6.07, 6.45) is 0. The Balaban J connectivity index is 3.19. The van der Waals surface area contributed by atoms with Gasteiger partial charge in [0.2, 0.25) is 10.0 Å². The van der Waals surface area contributed by atoms with Crippen LogP contribution in [0.1, 0.15) is 26.3 Å². The molecule has 1 aromatic rings. The highest BCUT2D eigenvalue weighted by Gasteiger charge is 2.24. The summed E-state index contributed by atoms with van der Waals surface area (Å²) in [7, 11) is -3.55. The molecule has 1 rings (SSSR count). The van der Waals surface area contributed by atoms with E-state index in [4.69, 9.17) is 16.9 Å². The van der Waals surface area contributed by atoms with Crippen molar-refractivity contribution in [3.05, 3.63) is 28.8 Å². The molecule has 6 heteroatoms. The Morgan fingerprint density at radius 3 is 2.47 bits per heavy atom. The van der Waals surface area contributed by atoms with Gasteiger partial charge in [-0.25, -0.2) is 8.42 Å². The first-order valence-electron chi connectivity index (χ1n) is 6.02. The maximum Gasteiger partial charge on any atom is 0.243 e. The van der Waals surface area contributed by atoms with Gasteiger partial charge in [-0.15, -0.1) is 0 Å². The maximum absolute atomic E-state index is 12.4. The molecule has 4 nitrogen and oxygen atoms in total. The van der Waals surface area contributed by atoms with Crippen LogP contribution in [0.3, 0.4) is 0 Å². The van der Waals surface area contributed by atoms with Crippen molar-refractivity contribution in [2.24, 2.45) is 5.92 Å². The second kappa shape index (κ2) is 6.38. The van der Waals surface area contributed by atoms with E-state index in [1.165, 1.54) is 22.5 Å². The molecule has 0 spiro atoms. The fourth-order valence-corrected chi connectivity index (χ4v) is 3.63. The van der Waals surface area contributed by atoms with Crippen molar-refractivity contribution in [2.75, 3.05) is 13.1 Å². The second-order valence-electron chi connectivity index (χ2n) is 4.60. The molecule has 0 unspecified atom stereocenters. The number of rotatable bonds is 5. The summed E-state index contributed by atoms with van der Waals surface area (Å²) in [6, 6.07) is 6.09. The molecule has 19 heavy (non-hydrogen) atoms. The molecule has 0 aliphatic rings. The third-order valence-corrected chi connectivity index (χ3v) is 4.87. The van der Waals surface area contributed by atoms with Gasteiger partial charge < -0.3 is 0 Å². The molecule has 0 atom stereocenters. The molecule has 0 saturated heterocycles. The molecule has 0 fully saturated rings. The number of hydrogen-bond donors (Lipinski definition) is 0. The van der Waals surface area contributed by atoms with Crippen molar-refractivity contribution in [2.45, 2.75) is 25.7 Å². The fourth-order valence-electron chi connectivity index (χ4n) is 1.70. The van der Waals surface area contributed by atoms with Gasteiger partial charge >= 0.3 is 0 Å². The van der Waals surface area contributed by atoms with E-state index in [-0.39, 0.29) is 21.4 Å². The van der Waals surface area contributed by atoms with Crippen molar-refractivity contribution < 1.29 is 8.42 Å². The summed E-state index contributed by atoms with van der Waals surface area (Å²) in [5.74, 6) is 0.239. The zero-order chi connectivity index (χ0) is 14.6. The lowest BCUT2D eigenvalue weighted by atomic mass is 10.2. The molecule has 104 valence electrons. The average Bonchev–Trinajstić information content (AvgIpc) is 2.35. The van der Waals surface area contributed by atoms with Crippen molar-refractivity contribution >= 4 is 21.6 Å². The smallest absolute Gasteiger partial charge is 0.207 e. The molecule has 0 aromatic heterocycles. The highest BCUT2D eigenvalue weighted by molar-refractivity contribution is 7.89. The van der Waals surface area contributed by atoms with Crippen molar-refractivity contribution in [3.63, 3.8) is 0 Å². The van der Waals surface area contributed by atoms with Crippen LogP contribution in [0.2, 0.25) is 5.02 Å². The summed E-state index contributed by atoms with van der Waals surface area (Å²) in [6.45, 7) is 6.58. The minimum absolute atomic E-state index is 0.124. The highest BCUT2D eigenvalue weighted by Crippen LogP contribution is 2.23. The predicted molar refractivity (Wildman–Crippen MR) is 75.4 cm³/mol. The van der Waals surface area contributed by atoms with Crippen LogP contribution in [0.15, 0.2) is 23.1 Å². The number of hydrogen-bond acceptors (Lipinski definition) is 3. The van der Waals surface area contributed by atoms with Crippen molar-refractivity contribution in [1.82, 2.24) is 4.31 Å². The summed E-state index contributed by atoms with van der Waals surface area (Å²) >= 11 is 5.88. The second-order valence-corrected chi connectivity index (χ2v) is 6.95. The average molecular weight is 301 g/mol. The van der Waals surface area contributed by atoms with Gasteiger partial charge in [-0.05, 0) is 24.1 Å². The van der Waals surface area contributed by atoms with E-state index >= 15 is 0 Å². The van der Waals surface area contributed by atoms with Crippen molar-refractivity contribution in [3.8, 4) is 6.07 Å². The third-order valence-electron chi connectivity index (χ3n) is 2.62. The van der Waals surface area contributed by atoms with Gasteiger partial charge in [-0.3, -0.25) is 0 Å². The lowest BCUT2D eigenvalue weighted by Crippen LogP contribution is -2.34. The normalized spacial score (nSPS) is 11.8. The fraction of sp³-hybridized carbons (Fsp3) is 0.462. The quantitative estimate of drug-likeness (QED) is 0.840. The number of sulfonamides is 1. The van der Waals surface area contributed by atoms with Crippen molar-refractivity contribution in [1.29, 1.82) is 5.26 Å². The van der Waals surface area contributed by atoms with E-state index in [0.29, 0.717) is 13.1 Å². The first-order valence-corrected chi connectivity index (χ1v) is 7.84. The Morgan fingerprint density at radius 2 is 2.05 bits per heavy atom. The number of nitriles is 1. The molecular formula is C13H17ClN2O2S. The van der Waals surface area contributed by atoms with Crippen LogP contribution in [0.5, 0.6) is 0 Å². The predicted octanol–water partition coefficient (Wildman–Crippen LogP) is 2.88. The van der Waals surface area contributed by atoms with E-state index in [2.05, 4.69) is 0 Å². The van der Waals surface area contributed by atoms with E-state index in [9.17, 15) is 8.42 Å². The van der Waals surface area contributed by atoms with Crippen LogP contribution in [0.25, 0.3) is 0 Å². The Bertz CT molecular complexity index is 591.